The number of carbonyl (C=O) groups is 1. The molecule has 3 nitrogen and oxygen atoms in total. The summed E-state index contributed by atoms with van der Waals surface area (Å²) in [4.78, 5) is 12.9. The number of rotatable bonds is 4. The van der Waals surface area contributed by atoms with Crippen molar-refractivity contribution in [3.05, 3.63) is 35.4 Å². The quantitative estimate of drug-likeness (QED) is 0.820. The van der Waals surface area contributed by atoms with Gasteiger partial charge in [0, 0.05) is 6.54 Å². The van der Waals surface area contributed by atoms with Gasteiger partial charge in [0.1, 0.15) is 0 Å². The zero-order valence-corrected chi connectivity index (χ0v) is 9.40. The molecule has 3 heteroatoms. The Kier molecular flexibility index (Phi) is 3.86. The molecule has 0 aliphatic carbocycles. The Labute approximate surface area is 90.3 Å². The monoisotopic (exact) mass is 207 g/mol. The molecule has 0 spiro atoms. The minimum atomic E-state index is -0.781. The molecule has 1 rings (SSSR count). The van der Waals surface area contributed by atoms with E-state index in [2.05, 4.69) is 4.90 Å². The van der Waals surface area contributed by atoms with Gasteiger partial charge in [-0.15, -0.1) is 0 Å². The highest BCUT2D eigenvalue weighted by Crippen LogP contribution is 2.17. The standard InChI is InChI=1S/C12H17NO2/c1-9(12(14)15)11-6-4-5-10(7-11)8-13(2)3/h4-7,9H,8H2,1-3H3,(H,14,15). The fraction of sp³-hybridized carbons (Fsp3) is 0.417. The number of carboxylic acid groups (broad SMARTS) is 1. The molecule has 1 aromatic carbocycles. The Hall–Kier alpha value is -1.35. The highest BCUT2D eigenvalue weighted by atomic mass is 16.4. The average molecular weight is 207 g/mol. The highest BCUT2D eigenvalue weighted by molar-refractivity contribution is 5.75. The first-order valence-corrected chi connectivity index (χ1v) is 4.97. The van der Waals surface area contributed by atoms with E-state index in [1.54, 1.807) is 6.92 Å². The minimum absolute atomic E-state index is 0.438. The van der Waals surface area contributed by atoms with Crippen LogP contribution in [-0.4, -0.2) is 30.1 Å². The molecule has 0 bridgehead atoms. The van der Waals surface area contributed by atoms with Crippen LogP contribution in [0.25, 0.3) is 0 Å². The van der Waals surface area contributed by atoms with Gasteiger partial charge in [0.15, 0.2) is 0 Å². The molecule has 0 saturated heterocycles. The highest BCUT2D eigenvalue weighted by Gasteiger charge is 2.13. The van der Waals surface area contributed by atoms with Gasteiger partial charge in [-0.2, -0.15) is 0 Å². The molecule has 1 unspecified atom stereocenters. The zero-order valence-electron chi connectivity index (χ0n) is 9.40. The maximum atomic E-state index is 10.8. The average Bonchev–Trinajstić information content (AvgIpc) is 2.16. The van der Waals surface area contributed by atoms with E-state index in [0.29, 0.717) is 0 Å². The van der Waals surface area contributed by atoms with Gasteiger partial charge in [0.2, 0.25) is 0 Å². The molecule has 1 atom stereocenters. The van der Waals surface area contributed by atoms with E-state index in [4.69, 9.17) is 5.11 Å². The van der Waals surface area contributed by atoms with Crippen molar-refractivity contribution in [1.82, 2.24) is 4.90 Å². The van der Waals surface area contributed by atoms with E-state index in [1.165, 1.54) is 0 Å². The van der Waals surface area contributed by atoms with Crippen LogP contribution < -0.4 is 0 Å². The molecule has 0 radical (unpaired) electrons. The Morgan fingerprint density at radius 2 is 2.13 bits per heavy atom. The second-order valence-electron chi connectivity index (χ2n) is 4.04. The molecule has 0 saturated carbocycles. The molecular formula is C12H17NO2. The minimum Gasteiger partial charge on any atom is -0.481 e. The van der Waals surface area contributed by atoms with E-state index in [-0.39, 0.29) is 0 Å². The van der Waals surface area contributed by atoms with Crippen LogP contribution >= 0.6 is 0 Å². The molecule has 0 aliphatic heterocycles. The van der Waals surface area contributed by atoms with Gasteiger partial charge in [-0.05, 0) is 32.1 Å². The SMILES string of the molecule is CC(C(=O)O)c1cccc(CN(C)C)c1. The van der Waals surface area contributed by atoms with Crippen LogP contribution in [0.4, 0.5) is 0 Å². The van der Waals surface area contributed by atoms with Crippen molar-refractivity contribution in [2.75, 3.05) is 14.1 Å². The summed E-state index contributed by atoms with van der Waals surface area (Å²) in [5.41, 5.74) is 2.01. The Balaban J connectivity index is 2.87. The molecule has 1 aromatic rings. The lowest BCUT2D eigenvalue weighted by Gasteiger charge is -2.12. The summed E-state index contributed by atoms with van der Waals surface area (Å²) in [6, 6.07) is 7.74. The molecule has 82 valence electrons. The number of nitrogens with zero attached hydrogens (tertiary/aromatic N) is 1. The molecule has 0 aliphatic rings. The number of hydrogen-bond acceptors (Lipinski definition) is 2. The second kappa shape index (κ2) is 4.94. The summed E-state index contributed by atoms with van der Waals surface area (Å²) < 4.78 is 0. The normalized spacial score (nSPS) is 12.8. The van der Waals surface area contributed by atoms with Crippen LogP contribution in [0, 0.1) is 0 Å². The maximum Gasteiger partial charge on any atom is 0.310 e. The van der Waals surface area contributed by atoms with Crippen LogP contribution in [-0.2, 0) is 11.3 Å². The van der Waals surface area contributed by atoms with Crippen LogP contribution in [0.15, 0.2) is 24.3 Å². The Morgan fingerprint density at radius 1 is 1.47 bits per heavy atom. The Bertz CT molecular complexity index is 347. The summed E-state index contributed by atoms with van der Waals surface area (Å²) in [5.74, 6) is -1.22. The van der Waals surface area contributed by atoms with Crippen molar-refractivity contribution in [3.8, 4) is 0 Å². The van der Waals surface area contributed by atoms with Crippen molar-refractivity contribution in [1.29, 1.82) is 0 Å². The number of benzene rings is 1. The number of aliphatic carboxylic acids is 1. The lowest BCUT2D eigenvalue weighted by Crippen LogP contribution is -2.12. The first kappa shape index (κ1) is 11.7. The first-order chi connectivity index (χ1) is 7.00. The van der Waals surface area contributed by atoms with Crippen LogP contribution in [0.1, 0.15) is 24.0 Å². The summed E-state index contributed by atoms with van der Waals surface area (Å²) >= 11 is 0. The third-order valence-electron chi connectivity index (χ3n) is 2.32. The van der Waals surface area contributed by atoms with Crippen molar-refractivity contribution in [2.24, 2.45) is 0 Å². The molecule has 15 heavy (non-hydrogen) atoms. The molecule has 0 heterocycles. The van der Waals surface area contributed by atoms with Gasteiger partial charge >= 0.3 is 5.97 Å². The van der Waals surface area contributed by atoms with Crippen molar-refractivity contribution in [3.63, 3.8) is 0 Å². The van der Waals surface area contributed by atoms with Gasteiger partial charge in [-0.1, -0.05) is 24.3 Å². The van der Waals surface area contributed by atoms with Crippen molar-refractivity contribution < 1.29 is 9.90 Å². The van der Waals surface area contributed by atoms with Gasteiger partial charge in [-0.3, -0.25) is 4.79 Å². The molecule has 0 fully saturated rings. The Morgan fingerprint density at radius 3 is 2.67 bits per heavy atom. The van der Waals surface area contributed by atoms with Crippen molar-refractivity contribution >= 4 is 5.97 Å². The summed E-state index contributed by atoms with van der Waals surface area (Å²) in [6.45, 7) is 2.54. The van der Waals surface area contributed by atoms with Crippen LogP contribution in [0.2, 0.25) is 0 Å². The van der Waals surface area contributed by atoms with E-state index >= 15 is 0 Å². The third-order valence-corrected chi connectivity index (χ3v) is 2.32. The van der Waals surface area contributed by atoms with Crippen LogP contribution in [0.5, 0.6) is 0 Å². The fourth-order valence-corrected chi connectivity index (χ4v) is 1.47. The van der Waals surface area contributed by atoms with E-state index in [0.717, 1.165) is 17.7 Å². The summed E-state index contributed by atoms with van der Waals surface area (Å²) in [5, 5.41) is 8.90. The lowest BCUT2D eigenvalue weighted by molar-refractivity contribution is -0.138. The molecular weight excluding hydrogens is 190 g/mol. The number of hydrogen-bond donors (Lipinski definition) is 1. The maximum absolute atomic E-state index is 10.8. The molecule has 0 aromatic heterocycles. The third kappa shape index (κ3) is 3.36. The largest absolute Gasteiger partial charge is 0.481 e. The van der Waals surface area contributed by atoms with E-state index in [1.807, 2.05) is 38.4 Å². The van der Waals surface area contributed by atoms with Crippen molar-refractivity contribution in [2.45, 2.75) is 19.4 Å². The predicted molar refractivity (Wildman–Crippen MR) is 59.9 cm³/mol. The predicted octanol–water partition coefficient (Wildman–Crippen LogP) is 1.94. The van der Waals surface area contributed by atoms with Gasteiger partial charge in [0.25, 0.3) is 0 Å². The number of carboxylic acids is 1. The van der Waals surface area contributed by atoms with E-state index < -0.39 is 11.9 Å². The van der Waals surface area contributed by atoms with Gasteiger partial charge in [0.05, 0.1) is 5.92 Å². The smallest absolute Gasteiger partial charge is 0.310 e. The van der Waals surface area contributed by atoms with Gasteiger partial charge < -0.3 is 10.0 Å². The molecule has 0 amide bonds. The summed E-state index contributed by atoms with van der Waals surface area (Å²) in [7, 11) is 3.99. The first-order valence-electron chi connectivity index (χ1n) is 4.97. The molecule has 1 N–H and O–H groups in total. The summed E-state index contributed by atoms with van der Waals surface area (Å²) in [6.07, 6.45) is 0. The second-order valence-corrected chi connectivity index (χ2v) is 4.04. The fourth-order valence-electron chi connectivity index (χ4n) is 1.47. The zero-order chi connectivity index (χ0) is 11.4. The lowest BCUT2D eigenvalue weighted by atomic mass is 9.99. The topological polar surface area (TPSA) is 40.5 Å². The van der Waals surface area contributed by atoms with Crippen LogP contribution in [0.3, 0.4) is 0 Å². The van der Waals surface area contributed by atoms with Gasteiger partial charge in [-0.25, -0.2) is 0 Å². The van der Waals surface area contributed by atoms with E-state index in [9.17, 15) is 4.79 Å².